The largest absolute Gasteiger partial charge is 0.331 e. The average molecular weight is 236 g/mol. The van der Waals surface area contributed by atoms with Crippen LogP contribution in [-0.2, 0) is 13.0 Å². The van der Waals surface area contributed by atoms with E-state index in [1.807, 2.05) is 17.6 Å². The molecule has 0 N–H and O–H groups in total. The Balaban J connectivity index is 2.83. The Morgan fingerprint density at radius 1 is 1.38 bits per heavy atom. The predicted octanol–water partition coefficient (Wildman–Crippen LogP) is 3.69. The number of halogens is 1. The Kier molecular flexibility index (Phi) is 3.01. The number of hydrogen-bond acceptors (Lipinski definition) is 1. The SMILES string of the molecule is CCc1ccc2c(c1)c(C=O)c(Cl)n2CC. The summed E-state index contributed by atoms with van der Waals surface area (Å²) in [7, 11) is 0. The number of carbonyl (C=O) groups is 1. The molecule has 0 saturated heterocycles. The van der Waals surface area contributed by atoms with Crippen LogP contribution in [0.2, 0.25) is 5.15 Å². The van der Waals surface area contributed by atoms with Crippen molar-refractivity contribution >= 4 is 28.8 Å². The Bertz CT molecular complexity index is 542. The molecule has 0 fully saturated rings. The van der Waals surface area contributed by atoms with Crippen molar-refractivity contribution in [3.63, 3.8) is 0 Å². The lowest BCUT2D eigenvalue weighted by Crippen LogP contribution is -1.93. The fourth-order valence-electron chi connectivity index (χ4n) is 2.04. The van der Waals surface area contributed by atoms with Crippen molar-refractivity contribution < 1.29 is 4.79 Å². The van der Waals surface area contributed by atoms with Crippen LogP contribution in [0.3, 0.4) is 0 Å². The van der Waals surface area contributed by atoms with E-state index in [0.29, 0.717) is 10.7 Å². The minimum atomic E-state index is 0.542. The minimum absolute atomic E-state index is 0.542. The third-order valence-electron chi connectivity index (χ3n) is 2.94. The third-order valence-corrected chi connectivity index (χ3v) is 3.35. The highest BCUT2D eigenvalue weighted by Crippen LogP contribution is 2.29. The molecule has 0 unspecified atom stereocenters. The highest BCUT2D eigenvalue weighted by molar-refractivity contribution is 6.34. The summed E-state index contributed by atoms with van der Waals surface area (Å²) in [6.45, 7) is 4.89. The molecule has 2 rings (SSSR count). The molecule has 0 aliphatic heterocycles. The molecule has 84 valence electrons. The van der Waals surface area contributed by atoms with Gasteiger partial charge < -0.3 is 4.57 Å². The monoisotopic (exact) mass is 235 g/mol. The first-order valence-corrected chi connectivity index (χ1v) is 5.86. The molecular formula is C13H14ClNO. The Labute approximate surface area is 99.8 Å². The van der Waals surface area contributed by atoms with E-state index in [0.717, 1.165) is 30.2 Å². The smallest absolute Gasteiger partial charge is 0.153 e. The molecule has 1 aromatic carbocycles. The molecule has 16 heavy (non-hydrogen) atoms. The number of aromatic nitrogens is 1. The first-order valence-electron chi connectivity index (χ1n) is 5.48. The first-order chi connectivity index (χ1) is 7.72. The molecule has 2 nitrogen and oxygen atoms in total. The van der Waals surface area contributed by atoms with Crippen LogP contribution in [0.4, 0.5) is 0 Å². The van der Waals surface area contributed by atoms with Crippen LogP contribution in [0.5, 0.6) is 0 Å². The first kappa shape index (κ1) is 11.2. The van der Waals surface area contributed by atoms with E-state index in [4.69, 9.17) is 11.6 Å². The number of benzene rings is 1. The average Bonchev–Trinajstić information content (AvgIpc) is 2.59. The molecule has 0 amide bonds. The van der Waals surface area contributed by atoms with Gasteiger partial charge in [-0.2, -0.15) is 0 Å². The highest BCUT2D eigenvalue weighted by atomic mass is 35.5. The van der Waals surface area contributed by atoms with Gasteiger partial charge in [-0.15, -0.1) is 0 Å². The molecule has 2 aromatic rings. The van der Waals surface area contributed by atoms with E-state index in [-0.39, 0.29) is 0 Å². The third kappa shape index (κ3) is 1.54. The number of hydrogen-bond donors (Lipinski definition) is 0. The van der Waals surface area contributed by atoms with Crippen molar-refractivity contribution in [3.05, 3.63) is 34.5 Å². The van der Waals surface area contributed by atoms with Crippen LogP contribution >= 0.6 is 11.6 Å². The molecule has 0 radical (unpaired) electrons. The maximum atomic E-state index is 11.1. The van der Waals surface area contributed by atoms with Crippen molar-refractivity contribution in [3.8, 4) is 0 Å². The van der Waals surface area contributed by atoms with Gasteiger partial charge in [0.05, 0.1) is 5.56 Å². The summed E-state index contributed by atoms with van der Waals surface area (Å²) < 4.78 is 1.96. The van der Waals surface area contributed by atoms with E-state index in [1.54, 1.807) is 0 Å². The molecule has 0 aliphatic rings. The summed E-state index contributed by atoms with van der Waals surface area (Å²) in [5, 5.41) is 1.50. The van der Waals surface area contributed by atoms with Crippen LogP contribution in [-0.4, -0.2) is 10.9 Å². The molecule has 0 spiro atoms. The zero-order chi connectivity index (χ0) is 11.7. The second kappa shape index (κ2) is 4.30. The zero-order valence-electron chi connectivity index (χ0n) is 9.46. The molecule has 0 aliphatic carbocycles. The van der Waals surface area contributed by atoms with E-state index in [1.165, 1.54) is 5.56 Å². The Hall–Kier alpha value is -1.28. The van der Waals surface area contributed by atoms with Gasteiger partial charge in [0.25, 0.3) is 0 Å². The normalized spacial score (nSPS) is 10.9. The fourth-order valence-corrected chi connectivity index (χ4v) is 2.39. The Morgan fingerprint density at radius 3 is 2.69 bits per heavy atom. The van der Waals surface area contributed by atoms with Gasteiger partial charge in [0.2, 0.25) is 0 Å². The zero-order valence-corrected chi connectivity index (χ0v) is 10.2. The summed E-state index contributed by atoms with van der Waals surface area (Å²) in [6, 6.07) is 6.17. The lowest BCUT2D eigenvalue weighted by molar-refractivity contribution is 0.112. The molecule has 1 aromatic heterocycles. The van der Waals surface area contributed by atoms with Crippen LogP contribution in [0.1, 0.15) is 29.8 Å². The summed E-state index contributed by atoms with van der Waals surface area (Å²) in [5.41, 5.74) is 2.86. The molecule has 3 heteroatoms. The van der Waals surface area contributed by atoms with Crippen LogP contribution in [0.15, 0.2) is 18.2 Å². The molecule has 1 heterocycles. The molecule has 0 atom stereocenters. The maximum Gasteiger partial charge on any atom is 0.153 e. The van der Waals surface area contributed by atoms with Gasteiger partial charge >= 0.3 is 0 Å². The van der Waals surface area contributed by atoms with Gasteiger partial charge in [0, 0.05) is 17.4 Å². The number of nitrogens with zero attached hydrogens (tertiary/aromatic N) is 1. The summed E-state index contributed by atoms with van der Waals surface area (Å²) >= 11 is 6.18. The van der Waals surface area contributed by atoms with Crippen molar-refractivity contribution in [2.24, 2.45) is 0 Å². The van der Waals surface area contributed by atoms with Gasteiger partial charge in [-0.3, -0.25) is 4.79 Å². The van der Waals surface area contributed by atoms with Crippen molar-refractivity contribution in [2.45, 2.75) is 26.8 Å². The highest BCUT2D eigenvalue weighted by Gasteiger charge is 2.13. The predicted molar refractivity (Wildman–Crippen MR) is 67.4 cm³/mol. The molecule has 0 bridgehead atoms. The van der Waals surface area contributed by atoms with Crippen LogP contribution < -0.4 is 0 Å². The maximum absolute atomic E-state index is 11.1. The van der Waals surface area contributed by atoms with E-state index < -0.39 is 0 Å². The van der Waals surface area contributed by atoms with Gasteiger partial charge in [-0.1, -0.05) is 24.6 Å². The van der Waals surface area contributed by atoms with Crippen molar-refractivity contribution in [2.75, 3.05) is 0 Å². The van der Waals surface area contributed by atoms with Gasteiger partial charge in [-0.25, -0.2) is 0 Å². The number of rotatable bonds is 3. The lowest BCUT2D eigenvalue weighted by Gasteiger charge is -2.02. The second-order valence-electron chi connectivity index (χ2n) is 3.77. The lowest BCUT2D eigenvalue weighted by atomic mass is 10.1. The van der Waals surface area contributed by atoms with Crippen LogP contribution in [0, 0.1) is 0 Å². The van der Waals surface area contributed by atoms with E-state index >= 15 is 0 Å². The Morgan fingerprint density at radius 2 is 2.12 bits per heavy atom. The minimum Gasteiger partial charge on any atom is -0.331 e. The van der Waals surface area contributed by atoms with E-state index in [2.05, 4.69) is 19.1 Å². The van der Waals surface area contributed by atoms with Gasteiger partial charge in [0.1, 0.15) is 5.15 Å². The van der Waals surface area contributed by atoms with Crippen molar-refractivity contribution in [1.82, 2.24) is 4.57 Å². The second-order valence-corrected chi connectivity index (χ2v) is 4.13. The summed E-state index contributed by atoms with van der Waals surface area (Å²) in [5.74, 6) is 0. The fraction of sp³-hybridized carbons (Fsp3) is 0.308. The number of carbonyl (C=O) groups excluding carboxylic acids is 1. The number of aldehydes is 1. The summed E-state index contributed by atoms with van der Waals surface area (Å²) in [6.07, 6.45) is 1.80. The quantitative estimate of drug-likeness (QED) is 0.744. The van der Waals surface area contributed by atoms with Crippen LogP contribution in [0.25, 0.3) is 10.9 Å². The van der Waals surface area contributed by atoms with E-state index in [9.17, 15) is 4.79 Å². The number of aryl methyl sites for hydroxylation is 2. The molecule has 0 saturated carbocycles. The summed E-state index contributed by atoms with van der Waals surface area (Å²) in [4.78, 5) is 11.1. The van der Waals surface area contributed by atoms with Gasteiger partial charge in [0.15, 0.2) is 6.29 Å². The van der Waals surface area contributed by atoms with Gasteiger partial charge in [-0.05, 0) is 31.0 Å². The van der Waals surface area contributed by atoms with Crippen molar-refractivity contribution in [1.29, 1.82) is 0 Å². The molecular weight excluding hydrogens is 222 g/mol. The standard InChI is InChI=1S/C13H14ClNO/c1-3-9-5-6-12-10(7-9)11(8-16)13(14)15(12)4-2/h5-8H,3-4H2,1-2H3. The topological polar surface area (TPSA) is 22.0 Å². The number of fused-ring (bicyclic) bond motifs is 1.